The molecule has 1 unspecified atom stereocenters. The lowest BCUT2D eigenvalue weighted by molar-refractivity contribution is -0.144. The number of anilines is 2. The fourth-order valence-electron chi connectivity index (χ4n) is 4.68. The van der Waals surface area contributed by atoms with Gasteiger partial charge in [-0.15, -0.1) is 5.10 Å². The number of hydrogen-bond acceptors (Lipinski definition) is 11. The van der Waals surface area contributed by atoms with Crippen LogP contribution in [0.2, 0.25) is 0 Å². The number of aliphatic carboxylic acids is 1. The molecule has 16 heteroatoms. The van der Waals surface area contributed by atoms with Gasteiger partial charge in [0.15, 0.2) is 34.7 Å². The van der Waals surface area contributed by atoms with Crippen LogP contribution in [0.3, 0.4) is 0 Å². The number of nitrogens with zero attached hydrogens (tertiary/aromatic N) is 7. The molecule has 0 aliphatic carbocycles. The van der Waals surface area contributed by atoms with Gasteiger partial charge in [0.2, 0.25) is 11.8 Å². The van der Waals surface area contributed by atoms with Crippen LogP contribution in [0.25, 0.3) is 27.6 Å². The molecule has 4 aromatic heterocycles. The molecule has 0 amide bonds. The highest BCUT2D eigenvalue weighted by atomic mass is 32.1. The SMILES string of the molecule is CC(Oc1cc(N2CCN(CCn3c(=O)sc4c3nc(N)n3nc(-c5ccco5)nc43)CC2)c(F)cc1F)C(=O)O. The van der Waals surface area contributed by atoms with E-state index in [4.69, 9.17) is 20.0 Å². The van der Waals surface area contributed by atoms with Crippen molar-refractivity contribution in [2.24, 2.45) is 0 Å². The first kappa shape index (κ1) is 26.6. The lowest BCUT2D eigenvalue weighted by Crippen LogP contribution is -2.47. The Labute approximate surface area is 234 Å². The number of nitrogens with two attached hydrogens (primary N) is 1. The normalized spacial score (nSPS) is 15.1. The van der Waals surface area contributed by atoms with Crippen molar-refractivity contribution in [1.29, 1.82) is 0 Å². The highest BCUT2D eigenvalue weighted by Crippen LogP contribution is 2.30. The predicted molar refractivity (Wildman–Crippen MR) is 145 cm³/mol. The number of carbonyl (C=O) groups is 1. The minimum absolute atomic E-state index is 0.0837. The van der Waals surface area contributed by atoms with Crippen molar-refractivity contribution >= 4 is 44.9 Å². The number of aromatic nitrogens is 5. The van der Waals surface area contributed by atoms with Crippen molar-refractivity contribution in [3.05, 3.63) is 51.8 Å². The maximum atomic E-state index is 14.6. The van der Waals surface area contributed by atoms with Crippen molar-refractivity contribution in [1.82, 2.24) is 29.0 Å². The molecule has 0 saturated carbocycles. The molecule has 5 heterocycles. The van der Waals surface area contributed by atoms with E-state index in [0.717, 1.165) is 11.3 Å². The van der Waals surface area contributed by atoms with E-state index in [2.05, 4.69) is 20.0 Å². The first-order valence-corrected chi connectivity index (χ1v) is 13.5. The van der Waals surface area contributed by atoms with E-state index in [-0.39, 0.29) is 22.3 Å². The first-order chi connectivity index (χ1) is 19.7. The molecule has 6 rings (SSSR count). The van der Waals surface area contributed by atoms with Crippen LogP contribution >= 0.6 is 11.3 Å². The fraction of sp³-hybridized carbons (Fsp3) is 0.320. The third-order valence-corrected chi connectivity index (χ3v) is 7.83. The largest absolute Gasteiger partial charge is 0.479 e. The maximum Gasteiger partial charge on any atom is 0.344 e. The molecule has 0 radical (unpaired) electrons. The summed E-state index contributed by atoms with van der Waals surface area (Å²) in [6, 6.07) is 5.33. The highest BCUT2D eigenvalue weighted by molar-refractivity contribution is 7.17. The van der Waals surface area contributed by atoms with Crippen LogP contribution in [0.1, 0.15) is 6.92 Å². The van der Waals surface area contributed by atoms with Gasteiger partial charge in [-0.1, -0.05) is 11.3 Å². The number of nitrogen functional groups attached to an aromatic ring is 1. The Kier molecular flexibility index (Phi) is 6.78. The molecule has 1 aromatic carbocycles. The van der Waals surface area contributed by atoms with Gasteiger partial charge >= 0.3 is 10.8 Å². The van der Waals surface area contributed by atoms with E-state index >= 15 is 0 Å². The number of benzene rings is 1. The van der Waals surface area contributed by atoms with Crippen molar-refractivity contribution < 1.29 is 27.8 Å². The summed E-state index contributed by atoms with van der Waals surface area (Å²) in [6.45, 7) is 4.08. The minimum atomic E-state index is -1.29. The quantitative estimate of drug-likeness (QED) is 0.275. The molecular weight excluding hydrogens is 562 g/mol. The summed E-state index contributed by atoms with van der Waals surface area (Å²) in [4.78, 5) is 36.6. The zero-order chi connectivity index (χ0) is 28.8. The van der Waals surface area contributed by atoms with Gasteiger partial charge in [-0.05, 0) is 19.1 Å². The standard InChI is InChI=1S/C25H24F2N8O5S/c1-13(23(36)37)40-18-12-16(14(26)11-15(18)27)33-7-4-32(5-8-33)6-9-34-21-19(41-25(34)38)22-29-20(17-3-2-10-39-17)31-35(22)24(28)30-21/h2-3,10-13H,4-9H2,1H3,(H2,28,30)(H,36,37). The van der Waals surface area contributed by atoms with Crippen molar-refractivity contribution in [2.75, 3.05) is 43.4 Å². The van der Waals surface area contributed by atoms with E-state index in [1.807, 2.05) is 0 Å². The monoisotopic (exact) mass is 586 g/mol. The van der Waals surface area contributed by atoms with Crippen molar-refractivity contribution in [3.63, 3.8) is 0 Å². The molecular formula is C25H24F2N8O5S. The molecule has 41 heavy (non-hydrogen) atoms. The van der Waals surface area contributed by atoms with E-state index < -0.39 is 23.7 Å². The Hall–Kier alpha value is -4.57. The third-order valence-electron chi connectivity index (χ3n) is 6.86. The van der Waals surface area contributed by atoms with Crippen LogP contribution in [-0.4, -0.2) is 79.0 Å². The smallest absolute Gasteiger partial charge is 0.344 e. The zero-order valence-electron chi connectivity index (χ0n) is 21.7. The molecule has 1 saturated heterocycles. The van der Waals surface area contributed by atoms with Gasteiger partial charge in [-0.2, -0.15) is 9.50 Å². The number of ether oxygens (including phenoxy) is 1. The summed E-state index contributed by atoms with van der Waals surface area (Å²) in [7, 11) is 0. The highest BCUT2D eigenvalue weighted by Gasteiger charge is 2.24. The van der Waals surface area contributed by atoms with Gasteiger partial charge in [-0.3, -0.25) is 14.3 Å². The van der Waals surface area contributed by atoms with Crippen molar-refractivity contribution in [2.45, 2.75) is 19.6 Å². The summed E-state index contributed by atoms with van der Waals surface area (Å²) in [5.41, 5.74) is 7.11. The van der Waals surface area contributed by atoms with Gasteiger partial charge in [0.25, 0.3) is 0 Å². The Bertz CT molecular complexity index is 1810. The second kappa shape index (κ2) is 10.4. The topological polar surface area (TPSA) is 157 Å². The van der Waals surface area contributed by atoms with E-state index in [1.54, 1.807) is 21.6 Å². The number of thiazole rings is 1. The van der Waals surface area contributed by atoms with Gasteiger partial charge < -0.3 is 24.9 Å². The molecule has 1 aliphatic rings. The zero-order valence-corrected chi connectivity index (χ0v) is 22.5. The summed E-state index contributed by atoms with van der Waals surface area (Å²) in [5.74, 6) is -2.45. The van der Waals surface area contributed by atoms with E-state index in [1.165, 1.54) is 23.8 Å². The summed E-state index contributed by atoms with van der Waals surface area (Å²) in [5, 5.41) is 13.4. The second-order valence-electron chi connectivity index (χ2n) is 9.45. The Morgan fingerprint density at radius 1 is 1.17 bits per heavy atom. The van der Waals surface area contributed by atoms with Gasteiger partial charge in [0.05, 0.1) is 12.0 Å². The number of furan rings is 1. The minimum Gasteiger partial charge on any atom is -0.479 e. The lowest BCUT2D eigenvalue weighted by atomic mass is 10.2. The van der Waals surface area contributed by atoms with Crippen molar-refractivity contribution in [3.8, 4) is 17.3 Å². The molecule has 1 atom stereocenters. The number of fused-ring (bicyclic) bond motifs is 3. The number of rotatable bonds is 8. The number of halogens is 2. The molecule has 0 spiro atoms. The van der Waals surface area contributed by atoms with Crippen LogP contribution < -0.4 is 20.2 Å². The molecule has 3 N–H and O–H groups in total. The summed E-state index contributed by atoms with van der Waals surface area (Å²) < 4.78 is 42.8. The first-order valence-electron chi connectivity index (χ1n) is 12.6. The molecule has 1 fully saturated rings. The number of carboxylic acid groups (broad SMARTS) is 1. The van der Waals surface area contributed by atoms with E-state index in [0.29, 0.717) is 72.9 Å². The number of piperazine rings is 1. The Morgan fingerprint density at radius 2 is 1.95 bits per heavy atom. The lowest BCUT2D eigenvalue weighted by Gasteiger charge is -2.36. The predicted octanol–water partition coefficient (Wildman–Crippen LogP) is 2.30. The van der Waals surface area contributed by atoms with Gasteiger partial charge in [-0.25, -0.2) is 18.6 Å². The molecule has 13 nitrogen and oxygen atoms in total. The number of carboxylic acids is 1. The van der Waals surface area contributed by atoms with Gasteiger partial charge in [0.1, 0.15) is 10.5 Å². The second-order valence-corrected chi connectivity index (χ2v) is 10.4. The molecule has 214 valence electrons. The Balaban J connectivity index is 1.16. The summed E-state index contributed by atoms with van der Waals surface area (Å²) >= 11 is 1.01. The van der Waals surface area contributed by atoms with Crippen LogP contribution in [0.15, 0.2) is 39.7 Å². The molecule has 5 aromatic rings. The molecule has 1 aliphatic heterocycles. The Morgan fingerprint density at radius 3 is 2.66 bits per heavy atom. The third kappa shape index (κ3) is 4.95. The average molecular weight is 587 g/mol. The summed E-state index contributed by atoms with van der Waals surface area (Å²) in [6.07, 6.45) is 0.220. The number of hydrogen-bond donors (Lipinski definition) is 2. The fourth-order valence-corrected chi connectivity index (χ4v) is 5.61. The molecule has 0 bridgehead atoms. The van der Waals surface area contributed by atoms with Crippen LogP contribution in [0.4, 0.5) is 20.4 Å². The van der Waals surface area contributed by atoms with Crippen LogP contribution in [0, 0.1) is 11.6 Å². The van der Waals surface area contributed by atoms with E-state index in [9.17, 15) is 18.4 Å². The van der Waals surface area contributed by atoms with Crippen LogP contribution in [0.5, 0.6) is 5.75 Å². The van der Waals surface area contributed by atoms with Gasteiger partial charge in [0, 0.05) is 51.4 Å². The average Bonchev–Trinajstić information content (AvgIpc) is 3.69. The van der Waals surface area contributed by atoms with Crippen LogP contribution in [-0.2, 0) is 11.3 Å². The maximum absolute atomic E-state index is 14.6.